The third-order valence-electron chi connectivity index (χ3n) is 3.81. The molecule has 1 saturated heterocycles. The monoisotopic (exact) mass is 250 g/mol. The Kier molecular flexibility index (Phi) is 5.75. The highest BCUT2D eigenvalue weighted by atomic mass is 16.3. The van der Waals surface area contributed by atoms with Crippen LogP contribution in [0.15, 0.2) is 22.8 Å². The number of hydrogen-bond acceptors (Lipinski definition) is 3. The molecule has 1 fully saturated rings. The van der Waals surface area contributed by atoms with E-state index in [1.54, 1.807) is 6.26 Å². The van der Waals surface area contributed by atoms with Crippen LogP contribution in [0.2, 0.25) is 0 Å². The highest BCUT2D eigenvalue weighted by Gasteiger charge is 2.15. The van der Waals surface area contributed by atoms with Gasteiger partial charge in [-0.2, -0.15) is 0 Å². The molecule has 0 bridgehead atoms. The number of nitrogens with zero attached hydrogens (tertiary/aromatic N) is 1. The van der Waals surface area contributed by atoms with Crippen LogP contribution in [0.4, 0.5) is 0 Å². The van der Waals surface area contributed by atoms with Crippen molar-refractivity contribution in [3.8, 4) is 0 Å². The SMILES string of the molecule is CCCN(CCC1CCNCC1)Cc1ccco1. The van der Waals surface area contributed by atoms with Gasteiger partial charge in [0.25, 0.3) is 0 Å². The summed E-state index contributed by atoms with van der Waals surface area (Å²) in [7, 11) is 0. The van der Waals surface area contributed by atoms with E-state index in [1.165, 1.54) is 51.9 Å². The average Bonchev–Trinajstić information content (AvgIpc) is 2.90. The number of furan rings is 1. The number of piperidine rings is 1. The fraction of sp³-hybridized carbons (Fsp3) is 0.733. The fourth-order valence-electron chi connectivity index (χ4n) is 2.74. The maximum absolute atomic E-state index is 5.45. The molecule has 2 heterocycles. The van der Waals surface area contributed by atoms with Crippen molar-refractivity contribution in [1.29, 1.82) is 0 Å². The van der Waals surface area contributed by atoms with Gasteiger partial charge in [0.05, 0.1) is 12.8 Å². The Bertz CT molecular complexity index is 304. The molecule has 0 aromatic carbocycles. The fourth-order valence-corrected chi connectivity index (χ4v) is 2.74. The average molecular weight is 250 g/mol. The van der Waals surface area contributed by atoms with E-state index in [4.69, 9.17) is 4.42 Å². The first-order chi connectivity index (χ1) is 8.88. The lowest BCUT2D eigenvalue weighted by atomic mass is 9.94. The summed E-state index contributed by atoms with van der Waals surface area (Å²) in [5.41, 5.74) is 0. The van der Waals surface area contributed by atoms with Crippen molar-refractivity contribution in [3.05, 3.63) is 24.2 Å². The van der Waals surface area contributed by atoms with Crippen LogP contribution < -0.4 is 5.32 Å². The summed E-state index contributed by atoms with van der Waals surface area (Å²) in [6, 6.07) is 4.06. The van der Waals surface area contributed by atoms with Crippen molar-refractivity contribution in [2.45, 2.75) is 39.2 Å². The standard InChI is InChI=1S/C15H26N2O/c1-2-10-17(13-15-4-3-12-18-15)11-7-14-5-8-16-9-6-14/h3-4,12,14,16H,2,5-11,13H2,1H3. The first-order valence-corrected chi connectivity index (χ1v) is 7.34. The van der Waals surface area contributed by atoms with Crippen LogP contribution in [0.25, 0.3) is 0 Å². The van der Waals surface area contributed by atoms with Crippen molar-refractivity contribution in [2.75, 3.05) is 26.2 Å². The largest absolute Gasteiger partial charge is 0.468 e. The Balaban J connectivity index is 1.74. The van der Waals surface area contributed by atoms with E-state index < -0.39 is 0 Å². The lowest BCUT2D eigenvalue weighted by Gasteiger charge is -2.26. The maximum atomic E-state index is 5.45. The topological polar surface area (TPSA) is 28.4 Å². The van der Waals surface area contributed by atoms with Gasteiger partial charge < -0.3 is 9.73 Å². The smallest absolute Gasteiger partial charge is 0.117 e. The van der Waals surface area contributed by atoms with Crippen molar-refractivity contribution in [1.82, 2.24) is 10.2 Å². The Morgan fingerprint density at radius 2 is 2.17 bits per heavy atom. The van der Waals surface area contributed by atoms with Gasteiger partial charge in [-0.05, 0) is 69.9 Å². The molecule has 0 saturated carbocycles. The molecule has 102 valence electrons. The molecule has 1 N–H and O–H groups in total. The summed E-state index contributed by atoms with van der Waals surface area (Å²) < 4.78 is 5.45. The molecular formula is C15H26N2O. The zero-order valence-electron chi connectivity index (χ0n) is 11.5. The number of hydrogen-bond donors (Lipinski definition) is 1. The molecule has 0 radical (unpaired) electrons. The Hall–Kier alpha value is -0.800. The first kappa shape index (κ1) is 13.6. The summed E-state index contributed by atoms with van der Waals surface area (Å²) in [5, 5.41) is 3.44. The van der Waals surface area contributed by atoms with Crippen LogP contribution in [0.1, 0.15) is 38.4 Å². The summed E-state index contributed by atoms with van der Waals surface area (Å²) in [4.78, 5) is 2.53. The van der Waals surface area contributed by atoms with E-state index >= 15 is 0 Å². The molecule has 18 heavy (non-hydrogen) atoms. The van der Waals surface area contributed by atoms with Gasteiger partial charge in [-0.25, -0.2) is 0 Å². The molecule has 1 aromatic rings. The summed E-state index contributed by atoms with van der Waals surface area (Å²) in [5.74, 6) is 2.01. The third kappa shape index (κ3) is 4.46. The molecule has 0 spiro atoms. The zero-order valence-corrected chi connectivity index (χ0v) is 11.5. The van der Waals surface area contributed by atoms with E-state index in [2.05, 4.69) is 23.2 Å². The second-order valence-electron chi connectivity index (χ2n) is 5.34. The van der Waals surface area contributed by atoms with Crippen LogP contribution in [0, 0.1) is 5.92 Å². The second-order valence-corrected chi connectivity index (χ2v) is 5.34. The van der Waals surface area contributed by atoms with Crippen LogP contribution in [-0.4, -0.2) is 31.1 Å². The molecule has 3 nitrogen and oxygen atoms in total. The van der Waals surface area contributed by atoms with E-state index in [0.717, 1.165) is 18.2 Å². The van der Waals surface area contributed by atoms with Gasteiger partial charge in [-0.3, -0.25) is 4.90 Å². The Labute approximate surface area is 111 Å². The quantitative estimate of drug-likeness (QED) is 0.806. The van der Waals surface area contributed by atoms with Crippen LogP contribution >= 0.6 is 0 Å². The molecule has 3 heteroatoms. The molecule has 0 amide bonds. The first-order valence-electron chi connectivity index (χ1n) is 7.34. The highest BCUT2D eigenvalue weighted by molar-refractivity contribution is 4.97. The Morgan fingerprint density at radius 3 is 2.83 bits per heavy atom. The van der Waals surface area contributed by atoms with E-state index in [1.807, 2.05) is 6.07 Å². The molecule has 0 atom stereocenters. The molecule has 1 aliphatic heterocycles. The Morgan fingerprint density at radius 1 is 1.33 bits per heavy atom. The van der Waals surface area contributed by atoms with Crippen molar-refractivity contribution in [2.24, 2.45) is 5.92 Å². The van der Waals surface area contributed by atoms with E-state index in [-0.39, 0.29) is 0 Å². The van der Waals surface area contributed by atoms with Gasteiger partial charge in [0, 0.05) is 0 Å². The predicted molar refractivity (Wildman–Crippen MR) is 74.5 cm³/mol. The summed E-state index contributed by atoms with van der Waals surface area (Å²) in [6.45, 7) is 8.00. The maximum Gasteiger partial charge on any atom is 0.117 e. The lowest BCUT2D eigenvalue weighted by molar-refractivity contribution is 0.214. The molecule has 0 unspecified atom stereocenters. The van der Waals surface area contributed by atoms with Crippen LogP contribution in [-0.2, 0) is 6.54 Å². The molecular weight excluding hydrogens is 224 g/mol. The van der Waals surface area contributed by atoms with E-state index in [9.17, 15) is 0 Å². The van der Waals surface area contributed by atoms with Gasteiger partial charge in [-0.15, -0.1) is 0 Å². The third-order valence-corrected chi connectivity index (χ3v) is 3.81. The van der Waals surface area contributed by atoms with Crippen molar-refractivity contribution >= 4 is 0 Å². The molecule has 1 aromatic heterocycles. The van der Waals surface area contributed by atoms with Crippen LogP contribution in [0.5, 0.6) is 0 Å². The predicted octanol–water partition coefficient (Wildman–Crippen LogP) is 2.88. The number of nitrogens with one attached hydrogen (secondary N) is 1. The minimum absolute atomic E-state index is 0.919. The lowest BCUT2D eigenvalue weighted by Crippen LogP contribution is -2.31. The van der Waals surface area contributed by atoms with Gasteiger partial charge >= 0.3 is 0 Å². The van der Waals surface area contributed by atoms with Gasteiger partial charge in [0.2, 0.25) is 0 Å². The number of rotatable bonds is 7. The van der Waals surface area contributed by atoms with Gasteiger partial charge in [0.1, 0.15) is 5.76 Å². The second kappa shape index (κ2) is 7.59. The van der Waals surface area contributed by atoms with Crippen molar-refractivity contribution < 1.29 is 4.42 Å². The summed E-state index contributed by atoms with van der Waals surface area (Å²) >= 11 is 0. The minimum atomic E-state index is 0.919. The zero-order chi connectivity index (χ0) is 12.6. The minimum Gasteiger partial charge on any atom is -0.468 e. The van der Waals surface area contributed by atoms with Crippen molar-refractivity contribution in [3.63, 3.8) is 0 Å². The van der Waals surface area contributed by atoms with Gasteiger partial charge in [-0.1, -0.05) is 6.92 Å². The van der Waals surface area contributed by atoms with Crippen LogP contribution in [0.3, 0.4) is 0 Å². The molecule has 2 rings (SSSR count). The summed E-state index contributed by atoms with van der Waals surface area (Å²) in [6.07, 6.45) is 7.02. The van der Waals surface area contributed by atoms with Gasteiger partial charge in [0.15, 0.2) is 0 Å². The molecule has 1 aliphatic rings. The normalized spacial score (nSPS) is 17.4. The highest BCUT2D eigenvalue weighted by Crippen LogP contribution is 2.17. The van der Waals surface area contributed by atoms with E-state index in [0.29, 0.717) is 0 Å². The molecule has 0 aliphatic carbocycles.